The predicted molar refractivity (Wildman–Crippen MR) is 121 cm³/mol. The zero-order chi connectivity index (χ0) is 19.7. The van der Waals surface area contributed by atoms with Gasteiger partial charge in [-0.15, -0.1) is 0 Å². The van der Waals surface area contributed by atoms with Crippen molar-refractivity contribution in [1.82, 2.24) is 0 Å². The smallest absolute Gasteiger partial charge is 0.269 e. The van der Waals surface area contributed by atoms with Crippen molar-refractivity contribution in [3.05, 3.63) is 77.9 Å². The maximum atomic E-state index is 4.62. The third-order valence-corrected chi connectivity index (χ3v) is 6.12. The number of nitrogens with zero attached hydrogens (tertiary/aromatic N) is 3. The summed E-state index contributed by atoms with van der Waals surface area (Å²) in [6, 6.07) is 23.5. The molecule has 0 atom stereocenters. The summed E-state index contributed by atoms with van der Waals surface area (Å²) < 4.78 is 3.59. The summed E-state index contributed by atoms with van der Waals surface area (Å²) in [5, 5.41) is 1.26. The van der Waals surface area contributed by atoms with E-state index in [9.17, 15) is 0 Å². The maximum Gasteiger partial charge on any atom is 0.269 e. The van der Waals surface area contributed by atoms with Gasteiger partial charge >= 0.3 is 0 Å². The summed E-state index contributed by atoms with van der Waals surface area (Å²) in [4.78, 5) is 6.71. The molecule has 0 aliphatic heterocycles. The number of aryl methyl sites for hydroxylation is 2. The van der Waals surface area contributed by atoms with Crippen LogP contribution < -0.4 is 9.47 Å². The van der Waals surface area contributed by atoms with Gasteiger partial charge in [0.1, 0.15) is 11.7 Å². The van der Waals surface area contributed by atoms with Crippen LogP contribution in [0.15, 0.2) is 71.7 Å². The number of hydrogen-bond acceptors (Lipinski definition) is 3. The second kappa shape index (κ2) is 7.56. The lowest BCUT2D eigenvalue weighted by Crippen LogP contribution is -2.28. The molecule has 0 saturated heterocycles. The quantitative estimate of drug-likeness (QED) is 0.334. The molecule has 4 heteroatoms. The molecule has 28 heavy (non-hydrogen) atoms. The number of benzene rings is 3. The molecule has 4 rings (SSSR count). The topological polar surface area (TPSA) is 19.5 Å². The minimum absolute atomic E-state index is 0.958. The molecule has 0 radical (unpaired) electrons. The third-order valence-electron chi connectivity index (χ3n) is 4.87. The Kier molecular flexibility index (Phi) is 4.97. The van der Waals surface area contributed by atoms with Crippen LogP contribution in [0.5, 0.6) is 0 Å². The van der Waals surface area contributed by atoms with E-state index in [1.165, 1.54) is 32.0 Å². The molecular formula is C24H24N3S+. The lowest BCUT2D eigenvalue weighted by atomic mass is 10.2. The Bertz CT molecular complexity index is 1140. The van der Waals surface area contributed by atoms with E-state index in [-0.39, 0.29) is 0 Å². The van der Waals surface area contributed by atoms with Gasteiger partial charge in [-0.2, -0.15) is 4.57 Å². The van der Waals surface area contributed by atoms with Gasteiger partial charge in [0, 0.05) is 32.1 Å². The Morgan fingerprint density at radius 1 is 0.929 bits per heavy atom. The Hall–Kier alpha value is -2.98. The van der Waals surface area contributed by atoms with Gasteiger partial charge in [-0.05, 0) is 60.5 Å². The first-order valence-electron chi connectivity index (χ1n) is 9.32. The van der Waals surface area contributed by atoms with Gasteiger partial charge in [-0.25, -0.2) is 0 Å². The van der Waals surface area contributed by atoms with E-state index in [1.807, 2.05) is 31.6 Å². The first kappa shape index (κ1) is 18.4. The maximum absolute atomic E-state index is 4.62. The Morgan fingerprint density at radius 2 is 1.64 bits per heavy atom. The standard InChI is InChI=1S/C24H24N3S/c1-17-5-14-22-23(15-17)28-24(27(22)4)19-8-10-20(11-9-19)25-16-18-6-12-21(13-7-18)26(2)3/h5-16H,1-4H3/q+1. The van der Waals surface area contributed by atoms with E-state index in [1.54, 1.807) is 0 Å². The van der Waals surface area contributed by atoms with Crippen molar-refractivity contribution in [2.24, 2.45) is 12.0 Å². The van der Waals surface area contributed by atoms with Crippen molar-refractivity contribution >= 4 is 39.1 Å². The Morgan fingerprint density at radius 3 is 2.32 bits per heavy atom. The van der Waals surface area contributed by atoms with Crippen LogP contribution in [0.2, 0.25) is 0 Å². The molecule has 3 nitrogen and oxygen atoms in total. The second-order valence-corrected chi connectivity index (χ2v) is 8.26. The number of aromatic nitrogens is 1. The number of fused-ring (bicyclic) bond motifs is 1. The predicted octanol–water partition coefficient (Wildman–Crippen LogP) is 5.52. The van der Waals surface area contributed by atoms with Gasteiger partial charge < -0.3 is 4.90 Å². The fourth-order valence-corrected chi connectivity index (χ4v) is 4.46. The van der Waals surface area contributed by atoms with E-state index in [0.717, 1.165) is 11.3 Å². The van der Waals surface area contributed by atoms with Crippen LogP contribution in [0, 0.1) is 6.92 Å². The number of rotatable bonds is 4. The SMILES string of the molecule is Cc1ccc2c(c1)sc(-c1ccc(N=Cc3ccc(N(C)C)cc3)cc1)[n+]2C. The van der Waals surface area contributed by atoms with Crippen molar-refractivity contribution in [1.29, 1.82) is 0 Å². The largest absolute Gasteiger partial charge is 0.378 e. The van der Waals surface area contributed by atoms with Crippen molar-refractivity contribution in [3.63, 3.8) is 0 Å². The fraction of sp³-hybridized carbons (Fsp3) is 0.167. The molecular weight excluding hydrogens is 362 g/mol. The molecule has 0 N–H and O–H groups in total. The molecule has 140 valence electrons. The lowest BCUT2D eigenvalue weighted by Gasteiger charge is -2.11. The molecule has 0 spiro atoms. The van der Waals surface area contributed by atoms with E-state index in [0.29, 0.717) is 0 Å². The molecule has 0 aliphatic rings. The number of thiazole rings is 1. The van der Waals surface area contributed by atoms with Gasteiger partial charge in [0.25, 0.3) is 5.01 Å². The normalized spacial score (nSPS) is 11.4. The van der Waals surface area contributed by atoms with Crippen molar-refractivity contribution in [2.45, 2.75) is 6.92 Å². The minimum atomic E-state index is 0.958. The molecule has 1 aromatic heterocycles. The van der Waals surface area contributed by atoms with E-state index in [4.69, 9.17) is 0 Å². The molecule has 3 aromatic carbocycles. The van der Waals surface area contributed by atoms with E-state index < -0.39 is 0 Å². The monoisotopic (exact) mass is 386 g/mol. The summed E-state index contributed by atoms with van der Waals surface area (Å²) in [5.74, 6) is 0. The van der Waals surface area contributed by atoms with Gasteiger partial charge in [-0.1, -0.05) is 29.5 Å². The molecule has 0 amide bonds. The highest BCUT2D eigenvalue weighted by molar-refractivity contribution is 7.21. The molecule has 0 saturated carbocycles. The summed E-state index contributed by atoms with van der Waals surface area (Å²) in [6.07, 6.45) is 1.91. The highest BCUT2D eigenvalue weighted by atomic mass is 32.1. The van der Waals surface area contributed by atoms with Crippen molar-refractivity contribution in [3.8, 4) is 10.6 Å². The van der Waals surface area contributed by atoms with Gasteiger partial charge in [-0.3, -0.25) is 4.99 Å². The minimum Gasteiger partial charge on any atom is -0.378 e. The van der Waals surface area contributed by atoms with E-state index >= 15 is 0 Å². The summed E-state index contributed by atoms with van der Waals surface area (Å²) in [5.41, 5.74) is 7.03. The fourth-order valence-electron chi connectivity index (χ4n) is 3.21. The number of hydrogen-bond donors (Lipinski definition) is 0. The third kappa shape index (κ3) is 3.69. The first-order chi connectivity index (χ1) is 13.5. The van der Waals surface area contributed by atoms with Gasteiger partial charge in [0.05, 0.1) is 11.3 Å². The molecule has 0 fully saturated rings. The summed E-state index contributed by atoms with van der Waals surface area (Å²) >= 11 is 1.83. The van der Waals surface area contributed by atoms with Crippen LogP contribution in [0.3, 0.4) is 0 Å². The van der Waals surface area contributed by atoms with Crippen LogP contribution >= 0.6 is 11.3 Å². The molecule has 0 bridgehead atoms. The highest BCUT2D eigenvalue weighted by Crippen LogP contribution is 2.30. The second-order valence-electron chi connectivity index (χ2n) is 7.23. The van der Waals surface area contributed by atoms with Crippen LogP contribution in [-0.4, -0.2) is 20.3 Å². The average Bonchev–Trinajstić information content (AvgIpc) is 3.03. The zero-order valence-electron chi connectivity index (χ0n) is 16.7. The Labute approximate surface area is 170 Å². The first-order valence-corrected chi connectivity index (χ1v) is 10.1. The van der Waals surface area contributed by atoms with E-state index in [2.05, 4.69) is 95.2 Å². The molecule has 1 heterocycles. The number of aliphatic imine (C=N–C) groups is 1. The lowest BCUT2D eigenvalue weighted by molar-refractivity contribution is -0.629. The summed E-state index contributed by atoms with van der Waals surface area (Å²) in [6.45, 7) is 2.14. The molecule has 4 aromatic rings. The average molecular weight is 387 g/mol. The van der Waals surface area contributed by atoms with Gasteiger partial charge in [0.15, 0.2) is 0 Å². The van der Waals surface area contributed by atoms with Crippen LogP contribution in [-0.2, 0) is 7.05 Å². The van der Waals surface area contributed by atoms with Crippen molar-refractivity contribution in [2.75, 3.05) is 19.0 Å². The van der Waals surface area contributed by atoms with Crippen LogP contribution in [0.4, 0.5) is 11.4 Å². The van der Waals surface area contributed by atoms with Crippen LogP contribution in [0.1, 0.15) is 11.1 Å². The highest BCUT2D eigenvalue weighted by Gasteiger charge is 2.18. The van der Waals surface area contributed by atoms with Gasteiger partial charge in [0.2, 0.25) is 5.52 Å². The zero-order valence-corrected chi connectivity index (χ0v) is 17.5. The number of anilines is 1. The molecule has 0 unspecified atom stereocenters. The van der Waals surface area contributed by atoms with Crippen molar-refractivity contribution < 1.29 is 4.57 Å². The van der Waals surface area contributed by atoms with Crippen LogP contribution in [0.25, 0.3) is 20.8 Å². The Balaban J connectivity index is 1.56. The molecule has 0 aliphatic carbocycles. The summed E-state index contributed by atoms with van der Waals surface area (Å²) in [7, 11) is 6.22.